The SMILES string of the molecule is CCS(=O)(=O)CC(N)C1C2CC3CC(C2)CC1C3. The molecule has 2 N–H and O–H groups in total. The Hall–Kier alpha value is -0.0900. The van der Waals surface area contributed by atoms with Gasteiger partial charge in [-0.1, -0.05) is 6.92 Å². The van der Waals surface area contributed by atoms with E-state index in [9.17, 15) is 8.42 Å². The molecule has 4 aliphatic rings. The van der Waals surface area contributed by atoms with Gasteiger partial charge in [0.1, 0.15) is 0 Å². The first kappa shape index (κ1) is 12.9. The molecular formula is C14H25NO2S. The fourth-order valence-corrected chi connectivity index (χ4v) is 6.23. The maximum Gasteiger partial charge on any atom is 0.151 e. The van der Waals surface area contributed by atoms with E-state index in [1.807, 2.05) is 0 Å². The van der Waals surface area contributed by atoms with Crippen LogP contribution in [0.5, 0.6) is 0 Å². The number of hydrogen-bond acceptors (Lipinski definition) is 3. The first-order valence-electron chi connectivity index (χ1n) is 7.44. The highest BCUT2D eigenvalue weighted by Crippen LogP contribution is 2.57. The van der Waals surface area contributed by atoms with Gasteiger partial charge in [0.15, 0.2) is 9.84 Å². The molecule has 4 saturated carbocycles. The van der Waals surface area contributed by atoms with Gasteiger partial charge in [0, 0.05) is 11.8 Å². The Bertz CT molecular complexity index is 390. The van der Waals surface area contributed by atoms with Gasteiger partial charge in [0.05, 0.1) is 5.75 Å². The van der Waals surface area contributed by atoms with Crippen LogP contribution in [0.3, 0.4) is 0 Å². The van der Waals surface area contributed by atoms with Crippen LogP contribution in [0.1, 0.15) is 39.0 Å². The summed E-state index contributed by atoms with van der Waals surface area (Å²) in [5.74, 6) is 4.23. The van der Waals surface area contributed by atoms with Crippen molar-refractivity contribution in [2.24, 2.45) is 35.3 Å². The van der Waals surface area contributed by atoms with Gasteiger partial charge in [-0.15, -0.1) is 0 Å². The molecule has 104 valence electrons. The van der Waals surface area contributed by atoms with Gasteiger partial charge < -0.3 is 5.73 Å². The van der Waals surface area contributed by atoms with Crippen LogP contribution in [-0.4, -0.2) is 26.0 Å². The first-order valence-corrected chi connectivity index (χ1v) is 9.26. The van der Waals surface area contributed by atoms with Crippen molar-refractivity contribution in [2.75, 3.05) is 11.5 Å². The van der Waals surface area contributed by atoms with Crippen LogP contribution < -0.4 is 5.73 Å². The highest BCUT2D eigenvalue weighted by Gasteiger charge is 2.50. The van der Waals surface area contributed by atoms with Crippen molar-refractivity contribution in [1.82, 2.24) is 0 Å². The van der Waals surface area contributed by atoms with Crippen LogP contribution in [-0.2, 0) is 9.84 Å². The second-order valence-corrected chi connectivity index (χ2v) is 9.27. The molecule has 1 atom stereocenters. The lowest BCUT2D eigenvalue weighted by atomic mass is 9.51. The van der Waals surface area contributed by atoms with Crippen LogP contribution in [0.4, 0.5) is 0 Å². The quantitative estimate of drug-likeness (QED) is 0.848. The molecule has 0 heterocycles. The number of sulfone groups is 1. The highest BCUT2D eigenvalue weighted by atomic mass is 32.2. The number of nitrogens with two attached hydrogens (primary N) is 1. The molecular weight excluding hydrogens is 246 g/mol. The van der Waals surface area contributed by atoms with Crippen LogP contribution in [0, 0.1) is 29.6 Å². The Labute approximate surface area is 110 Å². The van der Waals surface area contributed by atoms with Crippen molar-refractivity contribution in [3.8, 4) is 0 Å². The molecule has 4 aliphatic carbocycles. The van der Waals surface area contributed by atoms with Gasteiger partial charge in [0.25, 0.3) is 0 Å². The zero-order chi connectivity index (χ0) is 12.9. The van der Waals surface area contributed by atoms with E-state index in [0.717, 1.165) is 23.7 Å². The summed E-state index contributed by atoms with van der Waals surface area (Å²) in [6, 6.07) is -0.120. The molecule has 0 aromatic rings. The molecule has 0 spiro atoms. The highest BCUT2D eigenvalue weighted by molar-refractivity contribution is 7.91. The molecule has 4 fully saturated rings. The predicted molar refractivity (Wildman–Crippen MR) is 72.8 cm³/mol. The Morgan fingerprint density at radius 1 is 1.06 bits per heavy atom. The van der Waals surface area contributed by atoms with Gasteiger partial charge in [-0.05, 0) is 61.7 Å². The van der Waals surface area contributed by atoms with Crippen LogP contribution in [0.25, 0.3) is 0 Å². The summed E-state index contributed by atoms with van der Waals surface area (Å²) < 4.78 is 23.5. The van der Waals surface area contributed by atoms with Crippen LogP contribution in [0.2, 0.25) is 0 Å². The molecule has 0 aliphatic heterocycles. The third-order valence-electron chi connectivity index (χ3n) is 5.68. The van der Waals surface area contributed by atoms with Gasteiger partial charge in [-0.2, -0.15) is 0 Å². The second kappa shape index (κ2) is 4.48. The summed E-state index contributed by atoms with van der Waals surface area (Å²) in [5.41, 5.74) is 6.28. The largest absolute Gasteiger partial charge is 0.327 e. The molecule has 18 heavy (non-hydrogen) atoms. The van der Waals surface area contributed by atoms with E-state index in [1.165, 1.54) is 32.1 Å². The first-order chi connectivity index (χ1) is 8.48. The molecule has 1 unspecified atom stereocenters. The Morgan fingerprint density at radius 3 is 2.00 bits per heavy atom. The maximum atomic E-state index is 11.8. The Kier molecular flexibility index (Phi) is 3.22. The minimum Gasteiger partial charge on any atom is -0.327 e. The molecule has 0 saturated heterocycles. The van der Waals surface area contributed by atoms with Crippen LogP contribution >= 0.6 is 0 Å². The van der Waals surface area contributed by atoms with Crippen LogP contribution in [0.15, 0.2) is 0 Å². The van der Waals surface area contributed by atoms with Gasteiger partial charge >= 0.3 is 0 Å². The molecule has 0 amide bonds. The lowest BCUT2D eigenvalue weighted by molar-refractivity contribution is -0.0438. The molecule has 0 aromatic heterocycles. The van der Waals surface area contributed by atoms with E-state index in [-0.39, 0.29) is 17.5 Å². The molecule has 0 radical (unpaired) electrons. The Balaban J connectivity index is 1.73. The minimum absolute atomic E-state index is 0.120. The average Bonchev–Trinajstić information content (AvgIpc) is 2.26. The molecule has 3 nitrogen and oxygen atoms in total. The summed E-state index contributed by atoms with van der Waals surface area (Å²) >= 11 is 0. The van der Waals surface area contributed by atoms with Gasteiger partial charge in [-0.25, -0.2) is 8.42 Å². The standard InChI is InChI=1S/C14H25NO2S/c1-2-18(16,17)8-13(15)14-11-4-9-3-10(6-11)7-12(14)5-9/h9-14H,2-8,15H2,1H3. The molecule has 0 aromatic carbocycles. The fraction of sp³-hybridized carbons (Fsp3) is 1.00. The summed E-state index contributed by atoms with van der Waals surface area (Å²) in [6.07, 6.45) is 6.70. The van der Waals surface area contributed by atoms with Crippen molar-refractivity contribution >= 4 is 9.84 Å². The van der Waals surface area contributed by atoms with Crippen molar-refractivity contribution in [1.29, 1.82) is 0 Å². The Morgan fingerprint density at radius 2 is 1.56 bits per heavy atom. The van der Waals surface area contributed by atoms with E-state index >= 15 is 0 Å². The smallest absolute Gasteiger partial charge is 0.151 e. The second-order valence-electron chi connectivity index (χ2n) is 6.87. The predicted octanol–water partition coefficient (Wildman–Crippen LogP) is 1.82. The van der Waals surface area contributed by atoms with Gasteiger partial charge in [0.2, 0.25) is 0 Å². The molecule has 4 rings (SSSR count). The maximum absolute atomic E-state index is 11.8. The average molecular weight is 271 g/mol. The van der Waals surface area contributed by atoms with E-state index < -0.39 is 9.84 Å². The summed E-state index contributed by atoms with van der Waals surface area (Å²) in [4.78, 5) is 0. The monoisotopic (exact) mass is 271 g/mol. The van der Waals surface area contributed by atoms with E-state index in [2.05, 4.69) is 0 Å². The topological polar surface area (TPSA) is 60.2 Å². The lowest BCUT2D eigenvalue weighted by Gasteiger charge is -2.56. The third kappa shape index (κ3) is 2.22. The summed E-state index contributed by atoms with van der Waals surface area (Å²) in [7, 11) is -2.93. The summed E-state index contributed by atoms with van der Waals surface area (Å²) in [5, 5.41) is 0. The number of rotatable bonds is 4. The number of hydrogen-bond donors (Lipinski definition) is 1. The fourth-order valence-electron chi connectivity index (χ4n) is 5.19. The molecule has 4 heteroatoms. The molecule has 4 bridgehead atoms. The third-order valence-corrected chi connectivity index (χ3v) is 7.45. The van der Waals surface area contributed by atoms with E-state index in [1.54, 1.807) is 6.92 Å². The van der Waals surface area contributed by atoms with E-state index in [4.69, 9.17) is 5.73 Å². The van der Waals surface area contributed by atoms with Crippen molar-refractivity contribution in [3.05, 3.63) is 0 Å². The lowest BCUT2D eigenvalue weighted by Crippen LogP contribution is -2.53. The van der Waals surface area contributed by atoms with Crippen molar-refractivity contribution < 1.29 is 8.42 Å². The summed E-state index contributed by atoms with van der Waals surface area (Å²) in [6.45, 7) is 1.72. The minimum atomic E-state index is -2.93. The van der Waals surface area contributed by atoms with Crippen molar-refractivity contribution in [2.45, 2.75) is 45.1 Å². The normalized spacial score (nSPS) is 44.2. The zero-order valence-electron chi connectivity index (χ0n) is 11.2. The van der Waals surface area contributed by atoms with Crippen molar-refractivity contribution in [3.63, 3.8) is 0 Å². The zero-order valence-corrected chi connectivity index (χ0v) is 12.0. The van der Waals surface area contributed by atoms with Gasteiger partial charge in [-0.3, -0.25) is 0 Å². The van der Waals surface area contributed by atoms with E-state index in [0.29, 0.717) is 5.92 Å².